The molecule has 11 nitrogen and oxygen atoms in total. The first-order valence-electron chi connectivity index (χ1n) is 15.0. The van der Waals surface area contributed by atoms with Gasteiger partial charge in [0.1, 0.15) is 6.04 Å². The first-order valence-corrected chi connectivity index (χ1v) is 16.2. The molecule has 1 aromatic heterocycles. The van der Waals surface area contributed by atoms with Crippen LogP contribution in [-0.4, -0.2) is 50.5 Å². The Morgan fingerprint density at radius 3 is 2.46 bits per heavy atom. The summed E-state index contributed by atoms with van der Waals surface area (Å²) < 4.78 is 30.1. The van der Waals surface area contributed by atoms with Gasteiger partial charge in [-0.2, -0.15) is 0 Å². The van der Waals surface area contributed by atoms with Gasteiger partial charge in [0.2, 0.25) is 0 Å². The maximum absolute atomic E-state index is 14.2. The fourth-order valence-corrected chi connectivity index (χ4v) is 6.46. The molecule has 1 N–H and O–H groups in total. The summed E-state index contributed by atoms with van der Waals surface area (Å²) in [5.74, 6) is 0.597. The molecule has 250 valence electrons. The Morgan fingerprint density at radius 1 is 0.979 bits per heavy atom. The number of carbonyl (C=O) groups excluding carboxylic acids is 2. The van der Waals surface area contributed by atoms with Crippen LogP contribution in [0.25, 0.3) is 6.08 Å². The summed E-state index contributed by atoms with van der Waals surface area (Å²) in [4.78, 5) is 45.1. The maximum Gasteiger partial charge on any atom is 0.338 e. The third kappa shape index (κ3) is 7.09. The highest BCUT2D eigenvalue weighted by atomic mass is 35.5. The molecule has 0 bridgehead atoms. The second-order valence-corrected chi connectivity index (χ2v) is 11.8. The predicted molar refractivity (Wildman–Crippen MR) is 183 cm³/mol. The second kappa shape index (κ2) is 15.2. The van der Waals surface area contributed by atoms with Gasteiger partial charge in [-0.3, -0.25) is 14.2 Å². The molecule has 0 aliphatic carbocycles. The van der Waals surface area contributed by atoms with Crippen LogP contribution < -0.4 is 39.2 Å². The van der Waals surface area contributed by atoms with Crippen molar-refractivity contribution in [1.82, 2.24) is 4.57 Å². The minimum atomic E-state index is -0.888. The number of nitrogens with zero attached hydrogens (tertiary/aromatic N) is 2. The van der Waals surface area contributed by atoms with Gasteiger partial charge in [-0.15, -0.1) is 0 Å². The molecule has 1 atom stereocenters. The average molecular weight is 692 g/mol. The van der Waals surface area contributed by atoms with E-state index >= 15 is 0 Å². The number of rotatable bonds is 12. The predicted octanol–water partition coefficient (Wildman–Crippen LogP) is 4.89. The number of allylic oxidation sites excluding steroid dienone is 1. The molecule has 1 amide bonds. The van der Waals surface area contributed by atoms with Gasteiger partial charge in [-0.05, 0) is 62.7 Å². The molecule has 0 saturated carbocycles. The van der Waals surface area contributed by atoms with Gasteiger partial charge in [-0.1, -0.05) is 53.3 Å². The number of methoxy groups -OCH3 is 2. The number of thiazole rings is 1. The number of hydrogen-bond donors (Lipinski definition) is 1. The fraction of sp³-hybridized carbons (Fsp3) is 0.257. The van der Waals surface area contributed by atoms with E-state index in [9.17, 15) is 14.4 Å². The Morgan fingerprint density at radius 2 is 1.75 bits per heavy atom. The van der Waals surface area contributed by atoms with Crippen LogP contribution in [0.1, 0.15) is 37.9 Å². The van der Waals surface area contributed by atoms with Crippen molar-refractivity contribution < 1.29 is 33.3 Å². The minimum Gasteiger partial charge on any atom is -0.493 e. The molecule has 13 heteroatoms. The summed E-state index contributed by atoms with van der Waals surface area (Å²) in [5.41, 5.74) is 1.97. The molecule has 4 aromatic rings. The van der Waals surface area contributed by atoms with Crippen LogP contribution >= 0.6 is 22.9 Å². The van der Waals surface area contributed by atoms with Crippen molar-refractivity contribution in [2.75, 3.05) is 39.4 Å². The van der Waals surface area contributed by atoms with Crippen molar-refractivity contribution in [3.05, 3.63) is 108 Å². The Bertz CT molecular complexity index is 2070. The smallest absolute Gasteiger partial charge is 0.338 e. The SMILES string of the molecule is CCOC(=O)C1=C(C)N=c2s/c(=C/c3ccc(OCC(=O)Nc4ccccc4Cl)c(OC)c3)c(=O)n2[C@H]1c1cccc(OC)c1OCC. The number of hydrogen-bond acceptors (Lipinski definition) is 10. The van der Waals surface area contributed by atoms with Crippen LogP contribution in [0.15, 0.2) is 81.7 Å². The van der Waals surface area contributed by atoms with Crippen LogP contribution in [0, 0.1) is 0 Å². The van der Waals surface area contributed by atoms with Gasteiger partial charge in [-0.25, -0.2) is 9.79 Å². The van der Waals surface area contributed by atoms with Crippen molar-refractivity contribution in [2.45, 2.75) is 26.8 Å². The van der Waals surface area contributed by atoms with Crippen LogP contribution in [-0.2, 0) is 14.3 Å². The summed E-state index contributed by atoms with van der Waals surface area (Å²) in [5, 5.41) is 3.12. The molecule has 1 aliphatic rings. The van der Waals surface area contributed by atoms with E-state index < -0.39 is 17.9 Å². The molecule has 0 unspecified atom stereocenters. The highest BCUT2D eigenvalue weighted by Gasteiger charge is 2.36. The Balaban J connectivity index is 1.52. The quantitative estimate of drug-likeness (QED) is 0.208. The van der Waals surface area contributed by atoms with Gasteiger partial charge in [0.15, 0.2) is 34.4 Å². The number of aromatic nitrogens is 1. The van der Waals surface area contributed by atoms with Gasteiger partial charge >= 0.3 is 5.97 Å². The maximum atomic E-state index is 14.2. The summed E-state index contributed by atoms with van der Waals surface area (Å²) in [6, 6.07) is 16.4. The number of fused-ring (bicyclic) bond motifs is 1. The number of amides is 1. The number of ether oxygens (including phenoxy) is 5. The molecule has 0 saturated heterocycles. The van der Waals surface area contributed by atoms with Gasteiger partial charge in [0, 0.05) is 5.56 Å². The summed E-state index contributed by atoms with van der Waals surface area (Å²) in [6.07, 6.45) is 1.70. The van der Waals surface area contributed by atoms with E-state index in [2.05, 4.69) is 10.3 Å². The molecule has 0 radical (unpaired) electrons. The standard InChI is InChI=1S/C35H34ClN3O8S/c1-6-45-32-22(11-10-14-26(32)43-4)31-30(34(42)46-7-2)20(3)37-35-39(31)33(41)28(48-35)18-21-15-16-25(27(17-21)44-5)47-19-29(40)38-24-13-9-8-12-23(24)36/h8-18,31H,6-7,19H2,1-5H3,(H,38,40)/b28-18+/t31-/m0/s1. The summed E-state index contributed by atoms with van der Waals surface area (Å²) in [7, 11) is 3.01. The number of esters is 1. The monoisotopic (exact) mass is 691 g/mol. The van der Waals surface area contributed by atoms with Crippen molar-refractivity contribution in [3.8, 4) is 23.0 Å². The van der Waals surface area contributed by atoms with E-state index in [1.54, 1.807) is 80.6 Å². The van der Waals surface area contributed by atoms with Gasteiger partial charge in [0.25, 0.3) is 11.5 Å². The number of nitrogens with one attached hydrogen (secondary N) is 1. The lowest BCUT2D eigenvalue weighted by Crippen LogP contribution is -2.40. The lowest BCUT2D eigenvalue weighted by atomic mass is 9.94. The summed E-state index contributed by atoms with van der Waals surface area (Å²) >= 11 is 7.32. The van der Waals surface area contributed by atoms with Crippen LogP contribution in [0.5, 0.6) is 23.0 Å². The third-order valence-electron chi connectivity index (χ3n) is 7.32. The largest absolute Gasteiger partial charge is 0.493 e. The first kappa shape index (κ1) is 34.3. The van der Waals surface area contributed by atoms with E-state index in [1.807, 2.05) is 6.92 Å². The number of halogens is 1. The van der Waals surface area contributed by atoms with Crippen LogP contribution in [0.3, 0.4) is 0 Å². The minimum absolute atomic E-state index is 0.150. The topological polar surface area (TPSA) is 127 Å². The Labute approximate surface area is 285 Å². The van der Waals surface area contributed by atoms with E-state index in [0.29, 0.717) is 66.5 Å². The molecule has 48 heavy (non-hydrogen) atoms. The number of carbonyl (C=O) groups is 2. The Hall–Kier alpha value is -5.07. The molecule has 5 rings (SSSR count). The zero-order valence-corrected chi connectivity index (χ0v) is 28.6. The first-order chi connectivity index (χ1) is 23.2. The summed E-state index contributed by atoms with van der Waals surface area (Å²) in [6.45, 7) is 5.48. The van der Waals surface area contributed by atoms with Crippen LogP contribution in [0.2, 0.25) is 5.02 Å². The number of benzene rings is 3. The lowest BCUT2D eigenvalue weighted by molar-refractivity contribution is -0.139. The van der Waals surface area contributed by atoms with Crippen molar-refractivity contribution in [2.24, 2.45) is 4.99 Å². The number of anilines is 1. The second-order valence-electron chi connectivity index (χ2n) is 10.3. The molecule has 0 fully saturated rings. The zero-order chi connectivity index (χ0) is 34.4. The van der Waals surface area contributed by atoms with E-state index in [0.717, 1.165) is 0 Å². The van der Waals surface area contributed by atoms with Gasteiger partial charge < -0.3 is 29.0 Å². The van der Waals surface area contributed by atoms with E-state index in [1.165, 1.54) is 30.1 Å². The lowest BCUT2D eigenvalue weighted by Gasteiger charge is -2.26. The normalized spacial score (nSPS) is 14.1. The molecule has 0 spiro atoms. The van der Waals surface area contributed by atoms with Gasteiger partial charge in [0.05, 0.1) is 53.9 Å². The molecular weight excluding hydrogens is 658 g/mol. The average Bonchev–Trinajstić information content (AvgIpc) is 3.38. The highest BCUT2D eigenvalue weighted by Crippen LogP contribution is 2.41. The van der Waals surface area contributed by atoms with E-state index in [-0.39, 0.29) is 24.3 Å². The Kier molecular flexibility index (Phi) is 10.9. The molecule has 1 aliphatic heterocycles. The van der Waals surface area contributed by atoms with Crippen molar-refractivity contribution in [1.29, 1.82) is 0 Å². The highest BCUT2D eigenvalue weighted by molar-refractivity contribution is 7.07. The molecular formula is C35H34ClN3O8S. The van der Waals surface area contributed by atoms with Crippen LogP contribution in [0.4, 0.5) is 5.69 Å². The van der Waals surface area contributed by atoms with Crippen molar-refractivity contribution >= 4 is 46.6 Å². The number of para-hydroxylation sites is 2. The molecule has 2 heterocycles. The van der Waals surface area contributed by atoms with Crippen molar-refractivity contribution in [3.63, 3.8) is 0 Å². The van der Waals surface area contributed by atoms with E-state index in [4.69, 9.17) is 35.3 Å². The third-order valence-corrected chi connectivity index (χ3v) is 8.63. The molecule has 3 aromatic carbocycles. The zero-order valence-electron chi connectivity index (χ0n) is 27.0. The fourth-order valence-electron chi connectivity index (χ4n) is 5.23.